The Hall–Kier alpha value is -1.44. The van der Waals surface area contributed by atoms with E-state index in [2.05, 4.69) is 19.1 Å². The monoisotopic (exact) mass is 332 g/mol. The average molecular weight is 333 g/mol. The highest BCUT2D eigenvalue weighted by Gasteiger charge is 2.04. The molecule has 0 spiro atoms. The summed E-state index contributed by atoms with van der Waals surface area (Å²) in [7, 11) is 0. The van der Waals surface area contributed by atoms with Crippen LogP contribution in [0, 0.1) is 0 Å². The van der Waals surface area contributed by atoms with Crippen LogP contribution in [0.4, 0.5) is 0 Å². The van der Waals surface area contributed by atoms with Crippen LogP contribution in [0.2, 0.25) is 0 Å². The Morgan fingerprint density at radius 1 is 0.750 bits per heavy atom. The SMILES string of the molecule is CCCCCCC=CCCCCCCCCc1cccc(O)c1O. The van der Waals surface area contributed by atoms with E-state index < -0.39 is 0 Å². The van der Waals surface area contributed by atoms with Gasteiger partial charge < -0.3 is 10.2 Å². The molecular formula is C22H36O2. The predicted octanol–water partition coefficient (Wildman–Crippen LogP) is 6.90. The van der Waals surface area contributed by atoms with E-state index in [4.69, 9.17) is 0 Å². The molecule has 1 aromatic rings. The van der Waals surface area contributed by atoms with Gasteiger partial charge in [0.2, 0.25) is 0 Å². The van der Waals surface area contributed by atoms with Crippen molar-refractivity contribution in [2.45, 2.75) is 90.4 Å². The molecule has 0 aliphatic carbocycles. The minimum atomic E-state index is -0.00841. The molecule has 1 aromatic carbocycles. The summed E-state index contributed by atoms with van der Waals surface area (Å²) in [5.74, 6) is 0.0462. The third-order valence-corrected chi connectivity index (χ3v) is 4.56. The number of para-hydroxylation sites is 1. The number of allylic oxidation sites excluding steroid dienone is 2. The van der Waals surface area contributed by atoms with Gasteiger partial charge in [-0.2, -0.15) is 0 Å². The first kappa shape index (κ1) is 20.6. The molecule has 0 amide bonds. The molecule has 0 saturated heterocycles. The van der Waals surface area contributed by atoms with Crippen molar-refractivity contribution in [2.75, 3.05) is 0 Å². The van der Waals surface area contributed by atoms with E-state index in [0.29, 0.717) is 0 Å². The zero-order chi connectivity index (χ0) is 17.5. The number of phenolic OH excluding ortho intramolecular Hbond substituents is 2. The van der Waals surface area contributed by atoms with Crippen molar-refractivity contribution in [1.29, 1.82) is 0 Å². The summed E-state index contributed by atoms with van der Waals surface area (Å²) in [6.45, 7) is 2.26. The van der Waals surface area contributed by atoms with Crippen molar-refractivity contribution >= 4 is 0 Å². The summed E-state index contributed by atoms with van der Waals surface area (Å²) in [5, 5.41) is 19.2. The van der Waals surface area contributed by atoms with E-state index in [1.807, 2.05) is 6.07 Å². The Balaban J connectivity index is 1.90. The summed E-state index contributed by atoms with van der Waals surface area (Å²) in [6.07, 6.45) is 20.9. The maximum atomic E-state index is 9.74. The molecule has 1 rings (SSSR count). The lowest BCUT2D eigenvalue weighted by molar-refractivity contribution is 0.398. The number of benzene rings is 1. The molecular weight excluding hydrogens is 296 g/mol. The molecule has 0 aliphatic heterocycles. The number of rotatable bonds is 14. The van der Waals surface area contributed by atoms with Gasteiger partial charge in [0, 0.05) is 0 Å². The second-order valence-corrected chi connectivity index (χ2v) is 6.77. The molecule has 0 aliphatic rings. The smallest absolute Gasteiger partial charge is 0.160 e. The molecule has 0 atom stereocenters. The van der Waals surface area contributed by atoms with Gasteiger partial charge in [-0.05, 0) is 50.2 Å². The summed E-state index contributed by atoms with van der Waals surface area (Å²) >= 11 is 0. The van der Waals surface area contributed by atoms with Gasteiger partial charge in [0.05, 0.1) is 0 Å². The molecule has 2 nitrogen and oxygen atoms in total. The molecule has 0 saturated carbocycles. The number of aryl methyl sites for hydroxylation is 1. The van der Waals surface area contributed by atoms with Crippen LogP contribution in [-0.2, 0) is 6.42 Å². The van der Waals surface area contributed by atoms with Crippen LogP contribution < -0.4 is 0 Å². The molecule has 2 N–H and O–H groups in total. The molecule has 2 heteroatoms. The molecule has 24 heavy (non-hydrogen) atoms. The molecule has 136 valence electrons. The Morgan fingerprint density at radius 3 is 2.00 bits per heavy atom. The largest absolute Gasteiger partial charge is 0.504 e. The van der Waals surface area contributed by atoms with Crippen molar-refractivity contribution in [3.8, 4) is 11.5 Å². The van der Waals surface area contributed by atoms with Crippen LogP contribution in [0.15, 0.2) is 30.4 Å². The van der Waals surface area contributed by atoms with Gasteiger partial charge in [-0.1, -0.05) is 76.2 Å². The maximum absolute atomic E-state index is 9.74. The third-order valence-electron chi connectivity index (χ3n) is 4.56. The Kier molecular flexibility index (Phi) is 12.0. The first-order valence-electron chi connectivity index (χ1n) is 9.90. The van der Waals surface area contributed by atoms with Crippen molar-refractivity contribution in [3.05, 3.63) is 35.9 Å². The highest BCUT2D eigenvalue weighted by molar-refractivity contribution is 5.44. The van der Waals surface area contributed by atoms with E-state index in [-0.39, 0.29) is 11.5 Å². The lowest BCUT2D eigenvalue weighted by atomic mass is 10.0. The van der Waals surface area contributed by atoms with E-state index >= 15 is 0 Å². The van der Waals surface area contributed by atoms with Crippen molar-refractivity contribution in [2.24, 2.45) is 0 Å². The standard InChI is InChI=1S/C22H36O2/c1-2-3-4-5-6-7-8-9-10-11-12-13-14-15-17-20-18-16-19-21(23)22(20)24/h7-8,16,18-19,23-24H,2-6,9-15,17H2,1H3. The number of unbranched alkanes of at least 4 members (excludes halogenated alkanes) is 10. The lowest BCUT2D eigenvalue weighted by Crippen LogP contribution is -1.87. The molecule has 0 aromatic heterocycles. The molecule has 0 radical (unpaired) electrons. The van der Waals surface area contributed by atoms with E-state index in [9.17, 15) is 10.2 Å². The van der Waals surface area contributed by atoms with E-state index in [1.54, 1.807) is 6.07 Å². The zero-order valence-electron chi connectivity index (χ0n) is 15.5. The normalized spacial score (nSPS) is 11.4. The van der Waals surface area contributed by atoms with Crippen LogP contribution in [0.3, 0.4) is 0 Å². The van der Waals surface area contributed by atoms with Crippen molar-refractivity contribution < 1.29 is 10.2 Å². The summed E-state index contributed by atoms with van der Waals surface area (Å²) in [4.78, 5) is 0. The second kappa shape index (κ2) is 13.9. The second-order valence-electron chi connectivity index (χ2n) is 6.77. The zero-order valence-corrected chi connectivity index (χ0v) is 15.5. The fourth-order valence-corrected chi connectivity index (χ4v) is 2.99. The van der Waals surface area contributed by atoms with Gasteiger partial charge in [0.25, 0.3) is 0 Å². The van der Waals surface area contributed by atoms with Crippen LogP contribution in [0.5, 0.6) is 11.5 Å². The van der Waals surface area contributed by atoms with E-state index in [1.165, 1.54) is 76.7 Å². The highest BCUT2D eigenvalue weighted by atomic mass is 16.3. The number of hydrogen-bond acceptors (Lipinski definition) is 2. The maximum Gasteiger partial charge on any atom is 0.160 e. The van der Waals surface area contributed by atoms with E-state index in [0.717, 1.165) is 18.4 Å². The van der Waals surface area contributed by atoms with Gasteiger partial charge >= 0.3 is 0 Å². The summed E-state index contributed by atoms with van der Waals surface area (Å²) in [5.41, 5.74) is 0.860. The minimum Gasteiger partial charge on any atom is -0.504 e. The predicted molar refractivity (Wildman–Crippen MR) is 104 cm³/mol. The molecule has 0 bridgehead atoms. The summed E-state index contributed by atoms with van der Waals surface area (Å²) < 4.78 is 0. The molecule has 0 heterocycles. The van der Waals surface area contributed by atoms with Crippen LogP contribution in [0.1, 0.15) is 89.5 Å². The third kappa shape index (κ3) is 9.64. The van der Waals surface area contributed by atoms with Gasteiger partial charge in [-0.25, -0.2) is 0 Å². The van der Waals surface area contributed by atoms with Gasteiger partial charge in [-0.15, -0.1) is 0 Å². The van der Waals surface area contributed by atoms with Gasteiger partial charge in [-0.3, -0.25) is 0 Å². The molecule has 0 unspecified atom stereocenters. The van der Waals surface area contributed by atoms with Crippen molar-refractivity contribution in [3.63, 3.8) is 0 Å². The average Bonchev–Trinajstić information content (AvgIpc) is 2.58. The number of aromatic hydroxyl groups is 2. The first-order chi connectivity index (χ1) is 11.8. The van der Waals surface area contributed by atoms with Crippen LogP contribution in [0.25, 0.3) is 0 Å². The quantitative estimate of drug-likeness (QED) is 0.221. The van der Waals surface area contributed by atoms with Crippen molar-refractivity contribution in [1.82, 2.24) is 0 Å². The summed E-state index contributed by atoms with van der Waals surface area (Å²) in [6, 6.07) is 5.21. The topological polar surface area (TPSA) is 40.5 Å². The first-order valence-corrected chi connectivity index (χ1v) is 9.90. The fourth-order valence-electron chi connectivity index (χ4n) is 2.99. The van der Waals surface area contributed by atoms with Gasteiger partial charge in [0.15, 0.2) is 11.5 Å². The minimum absolute atomic E-state index is 0.00841. The van der Waals surface area contributed by atoms with Gasteiger partial charge in [0.1, 0.15) is 0 Å². The van der Waals surface area contributed by atoms with Crippen LogP contribution >= 0.6 is 0 Å². The van der Waals surface area contributed by atoms with Crippen LogP contribution in [-0.4, -0.2) is 10.2 Å². The Bertz CT molecular complexity index is 451. The Labute approximate surface area is 148 Å². The lowest BCUT2D eigenvalue weighted by Gasteiger charge is -2.06. The Morgan fingerprint density at radius 2 is 1.33 bits per heavy atom. The highest BCUT2D eigenvalue weighted by Crippen LogP contribution is 2.29. The fraction of sp³-hybridized carbons (Fsp3) is 0.636. The number of phenols is 2. The number of hydrogen-bond donors (Lipinski definition) is 2. The molecule has 0 fully saturated rings.